The van der Waals surface area contributed by atoms with Crippen LogP contribution in [0.4, 0.5) is 14.9 Å². The molecule has 20 heavy (non-hydrogen) atoms. The summed E-state index contributed by atoms with van der Waals surface area (Å²) >= 11 is 0. The van der Waals surface area contributed by atoms with Crippen molar-refractivity contribution in [3.05, 3.63) is 29.3 Å². The first-order valence-electron chi connectivity index (χ1n) is 6.41. The number of anilines is 1. The molecule has 0 unspecified atom stereocenters. The maximum Gasteiger partial charge on any atom is 0.421 e. The standard InChI is InChI=1S/C15H18FNO3/c1-9-6-7-11-10(8-9)15(5,16)12(18)17(11)13(19)20-14(2,3)4/h6-8H,1-5H3/t15-/m1/s1. The molecular formula is C15H18FNO3. The molecule has 1 aliphatic heterocycles. The van der Waals surface area contributed by atoms with Gasteiger partial charge in [0.15, 0.2) is 0 Å². The quantitative estimate of drug-likeness (QED) is 0.730. The Labute approximate surface area is 117 Å². The molecule has 1 aliphatic rings. The Hall–Kier alpha value is -1.91. The Balaban J connectivity index is 2.48. The molecule has 0 saturated carbocycles. The average molecular weight is 279 g/mol. The van der Waals surface area contributed by atoms with Crippen molar-refractivity contribution in [2.75, 3.05) is 4.90 Å². The van der Waals surface area contributed by atoms with Gasteiger partial charge in [-0.2, -0.15) is 0 Å². The van der Waals surface area contributed by atoms with Gasteiger partial charge in [-0.1, -0.05) is 17.7 Å². The lowest BCUT2D eigenvalue weighted by atomic mass is 9.98. The number of rotatable bonds is 0. The monoisotopic (exact) mass is 279 g/mol. The predicted octanol–water partition coefficient (Wildman–Crippen LogP) is 3.46. The summed E-state index contributed by atoms with van der Waals surface area (Å²) in [4.78, 5) is 25.1. The van der Waals surface area contributed by atoms with Gasteiger partial charge < -0.3 is 4.74 Å². The van der Waals surface area contributed by atoms with Crippen LogP contribution in [-0.2, 0) is 15.2 Å². The van der Waals surface area contributed by atoms with Crippen molar-refractivity contribution in [1.29, 1.82) is 0 Å². The maximum absolute atomic E-state index is 14.6. The lowest BCUT2D eigenvalue weighted by Crippen LogP contribution is -2.42. The molecule has 4 nitrogen and oxygen atoms in total. The number of nitrogens with zero attached hydrogens (tertiary/aromatic N) is 1. The predicted molar refractivity (Wildman–Crippen MR) is 73.4 cm³/mol. The van der Waals surface area contributed by atoms with Gasteiger partial charge in [0.2, 0.25) is 5.67 Å². The Kier molecular flexibility index (Phi) is 3.11. The third-order valence-electron chi connectivity index (χ3n) is 3.08. The summed E-state index contributed by atoms with van der Waals surface area (Å²) in [7, 11) is 0. The second-order valence-electron chi connectivity index (χ2n) is 6.14. The van der Waals surface area contributed by atoms with E-state index in [1.807, 2.05) is 0 Å². The first-order valence-corrected chi connectivity index (χ1v) is 6.41. The Morgan fingerprint density at radius 1 is 1.35 bits per heavy atom. The number of ether oxygens (including phenoxy) is 1. The number of amides is 2. The summed E-state index contributed by atoms with van der Waals surface area (Å²) in [5.41, 5.74) is -1.69. The van der Waals surface area contributed by atoms with Crippen LogP contribution in [0.1, 0.15) is 38.8 Å². The summed E-state index contributed by atoms with van der Waals surface area (Å²) in [5.74, 6) is -0.910. The number of aryl methyl sites for hydroxylation is 1. The van der Waals surface area contributed by atoms with Crippen LogP contribution in [0.5, 0.6) is 0 Å². The largest absolute Gasteiger partial charge is 0.443 e. The number of imide groups is 1. The third kappa shape index (κ3) is 2.28. The average Bonchev–Trinajstić information content (AvgIpc) is 2.46. The van der Waals surface area contributed by atoms with Gasteiger partial charge in [0.05, 0.1) is 5.69 Å². The molecule has 2 amide bonds. The molecule has 0 N–H and O–H groups in total. The van der Waals surface area contributed by atoms with Crippen molar-refractivity contribution in [1.82, 2.24) is 0 Å². The van der Waals surface area contributed by atoms with Crippen LogP contribution < -0.4 is 4.90 Å². The van der Waals surface area contributed by atoms with Crippen LogP contribution in [0.25, 0.3) is 0 Å². The number of alkyl halides is 1. The highest BCUT2D eigenvalue weighted by Crippen LogP contribution is 2.43. The van der Waals surface area contributed by atoms with Gasteiger partial charge in [0, 0.05) is 5.56 Å². The van der Waals surface area contributed by atoms with Gasteiger partial charge in [-0.15, -0.1) is 0 Å². The molecule has 0 aromatic heterocycles. The molecule has 1 atom stereocenters. The molecule has 2 rings (SSSR count). The molecule has 0 bridgehead atoms. The molecule has 5 heteroatoms. The van der Waals surface area contributed by atoms with E-state index in [1.165, 1.54) is 0 Å². The Bertz CT molecular complexity index is 587. The normalized spacial score (nSPS) is 21.9. The zero-order valence-corrected chi connectivity index (χ0v) is 12.3. The van der Waals surface area contributed by atoms with E-state index >= 15 is 0 Å². The van der Waals surface area contributed by atoms with E-state index in [2.05, 4.69) is 0 Å². The topological polar surface area (TPSA) is 46.6 Å². The number of fused-ring (bicyclic) bond motifs is 1. The van der Waals surface area contributed by atoms with Crippen molar-refractivity contribution in [3.8, 4) is 0 Å². The zero-order valence-electron chi connectivity index (χ0n) is 12.3. The van der Waals surface area contributed by atoms with Crippen LogP contribution in [0.2, 0.25) is 0 Å². The first-order chi connectivity index (χ1) is 9.04. The number of hydrogen-bond acceptors (Lipinski definition) is 3. The lowest BCUT2D eigenvalue weighted by molar-refractivity contribution is -0.128. The summed E-state index contributed by atoms with van der Waals surface area (Å²) in [6.45, 7) is 8.04. The lowest BCUT2D eigenvalue weighted by Gasteiger charge is -2.24. The first kappa shape index (κ1) is 14.5. The Morgan fingerprint density at radius 3 is 2.50 bits per heavy atom. The van der Waals surface area contributed by atoms with E-state index in [4.69, 9.17) is 4.74 Å². The van der Waals surface area contributed by atoms with Crippen LogP contribution in [0, 0.1) is 6.92 Å². The molecule has 1 heterocycles. The highest BCUT2D eigenvalue weighted by Gasteiger charge is 2.51. The Morgan fingerprint density at radius 2 is 1.95 bits per heavy atom. The van der Waals surface area contributed by atoms with Gasteiger partial charge in [-0.25, -0.2) is 14.1 Å². The van der Waals surface area contributed by atoms with Gasteiger partial charge in [-0.05, 0) is 40.7 Å². The van der Waals surface area contributed by atoms with Crippen molar-refractivity contribution < 1.29 is 18.7 Å². The van der Waals surface area contributed by atoms with E-state index in [1.54, 1.807) is 45.9 Å². The van der Waals surface area contributed by atoms with E-state index in [-0.39, 0.29) is 11.3 Å². The number of halogens is 1. The fourth-order valence-electron chi connectivity index (χ4n) is 2.14. The fraction of sp³-hybridized carbons (Fsp3) is 0.467. The number of carbonyl (C=O) groups excluding carboxylic acids is 2. The summed E-state index contributed by atoms with van der Waals surface area (Å²) in [6.07, 6.45) is -0.853. The van der Waals surface area contributed by atoms with Crippen molar-refractivity contribution in [2.45, 2.75) is 45.9 Å². The molecule has 1 aromatic rings. The second kappa shape index (κ2) is 4.30. The summed E-state index contributed by atoms with van der Waals surface area (Å²) in [6, 6.07) is 4.87. The zero-order chi connectivity index (χ0) is 15.3. The van der Waals surface area contributed by atoms with Crippen molar-refractivity contribution in [2.24, 2.45) is 0 Å². The van der Waals surface area contributed by atoms with Crippen LogP contribution in [0.3, 0.4) is 0 Å². The SMILES string of the molecule is Cc1ccc2c(c1)[C@@](C)(F)C(=O)N2C(=O)OC(C)(C)C. The van der Waals surface area contributed by atoms with Crippen molar-refractivity contribution >= 4 is 17.7 Å². The molecule has 0 radical (unpaired) electrons. The van der Waals surface area contributed by atoms with Gasteiger partial charge >= 0.3 is 6.09 Å². The summed E-state index contributed by atoms with van der Waals surface area (Å²) in [5, 5.41) is 0. The third-order valence-corrected chi connectivity index (χ3v) is 3.08. The molecule has 0 spiro atoms. The number of hydrogen-bond donors (Lipinski definition) is 0. The van der Waals surface area contributed by atoms with Crippen LogP contribution >= 0.6 is 0 Å². The van der Waals surface area contributed by atoms with Gasteiger partial charge in [0.25, 0.3) is 5.91 Å². The smallest absolute Gasteiger partial charge is 0.421 e. The molecule has 108 valence electrons. The second-order valence-corrected chi connectivity index (χ2v) is 6.14. The van der Waals surface area contributed by atoms with E-state index < -0.39 is 23.3 Å². The molecule has 0 aliphatic carbocycles. The van der Waals surface area contributed by atoms with Crippen molar-refractivity contribution in [3.63, 3.8) is 0 Å². The van der Waals surface area contributed by atoms with Gasteiger partial charge in [-0.3, -0.25) is 4.79 Å². The fourth-order valence-corrected chi connectivity index (χ4v) is 2.14. The number of benzene rings is 1. The summed E-state index contributed by atoms with van der Waals surface area (Å²) < 4.78 is 19.8. The molecule has 0 fully saturated rings. The minimum atomic E-state index is -2.21. The minimum Gasteiger partial charge on any atom is -0.443 e. The van der Waals surface area contributed by atoms with E-state index in [9.17, 15) is 14.0 Å². The van der Waals surface area contributed by atoms with Crippen LogP contribution in [0.15, 0.2) is 18.2 Å². The van der Waals surface area contributed by atoms with Crippen LogP contribution in [-0.4, -0.2) is 17.6 Å². The maximum atomic E-state index is 14.6. The highest BCUT2D eigenvalue weighted by molar-refractivity contribution is 6.20. The molecule has 1 aromatic carbocycles. The van der Waals surface area contributed by atoms with E-state index in [0.29, 0.717) is 0 Å². The highest BCUT2D eigenvalue weighted by atomic mass is 19.1. The molecular weight excluding hydrogens is 261 g/mol. The van der Waals surface area contributed by atoms with E-state index in [0.717, 1.165) is 17.4 Å². The molecule has 0 saturated heterocycles. The number of carbonyl (C=O) groups is 2. The minimum absolute atomic E-state index is 0.202. The van der Waals surface area contributed by atoms with Gasteiger partial charge in [0.1, 0.15) is 5.60 Å².